The molecular weight excluding hydrogens is 338 g/mol. The second-order valence-corrected chi connectivity index (χ2v) is 6.71. The minimum absolute atomic E-state index is 0.482. The summed E-state index contributed by atoms with van der Waals surface area (Å²) in [5.41, 5.74) is 2.03. The van der Waals surface area contributed by atoms with Crippen molar-refractivity contribution < 1.29 is 4.74 Å². The molecule has 6 heteroatoms. The van der Waals surface area contributed by atoms with Gasteiger partial charge in [0.1, 0.15) is 12.4 Å². The van der Waals surface area contributed by atoms with Gasteiger partial charge in [-0.3, -0.25) is 0 Å². The van der Waals surface area contributed by atoms with Crippen LogP contribution >= 0.6 is 0 Å². The van der Waals surface area contributed by atoms with Crippen LogP contribution in [0.2, 0.25) is 0 Å². The monoisotopic (exact) mass is 361 g/mol. The summed E-state index contributed by atoms with van der Waals surface area (Å²) < 4.78 is 5.81. The summed E-state index contributed by atoms with van der Waals surface area (Å²) in [7, 11) is 0. The zero-order valence-corrected chi connectivity index (χ0v) is 15.1. The molecule has 1 heterocycles. The predicted molar refractivity (Wildman–Crippen MR) is 106 cm³/mol. The average Bonchev–Trinajstić information content (AvgIpc) is 3.22. The van der Waals surface area contributed by atoms with Crippen molar-refractivity contribution in [2.24, 2.45) is 0 Å². The molecule has 0 spiro atoms. The molecule has 0 bridgehead atoms. The minimum Gasteiger partial charge on any atom is -0.489 e. The molecule has 0 atom stereocenters. The highest BCUT2D eigenvalue weighted by atomic mass is 16.5. The average molecular weight is 361 g/mol. The SMILES string of the molecule is c1ccc(COc2ccc(Nc3nncc(NC4CCCC4)n3)cc2)cc1. The lowest BCUT2D eigenvalue weighted by Gasteiger charge is -2.13. The van der Waals surface area contributed by atoms with Crippen LogP contribution in [0, 0.1) is 0 Å². The molecular formula is C21H23N5O. The third-order valence-corrected chi connectivity index (χ3v) is 4.62. The Balaban J connectivity index is 1.34. The van der Waals surface area contributed by atoms with E-state index in [9.17, 15) is 0 Å². The molecule has 1 saturated carbocycles. The zero-order valence-electron chi connectivity index (χ0n) is 15.1. The summed E-state index contributed by atoms with van der Waals surface area (Å²) in [5, 5.41) is 14.7. The fourth-order valence-corrected chi connectivity index (χ4v) is 3.21. The molecule has 0 aliphatic heterocycles. The highest BCUT2D eigenvalue weighted by Crippen LogP contribution is 2.22. The lowest BCUT2D eigenvalue weighted by Crippen LogP contribution is -2.16. The summed E-state index contributed by atoms with van der Waals surface area (Å²) in [6.07, 6.45) is 6.61. The number of aromatic nitrogens is 3. The van der Waals surface area contributed by atoms with Gasteiger partial charge in [-0.25, -0.2) is 0 Å². The Bertz CT molecular complexity index is 848. The van der Waals surface area contributed by atoms with Gasteiger partial charge in [-0.2, -0.15) is 10.1 Å². The topological polar surface area (TPSA) is 72.0 Å². The number of ether oxygens (including phenoxy) is 1. The lowest BCUT2D eigenvalue weighted by atomic mass is 10.2. The third kappa shape index (κ3) is 4.94. The maximum atomic E-state index is 5.81. The van der Waals surface area contributed by atoms with Gasteiger partial charge in [0.25, 0.3) is 0 Å². The maximum absolute atomic E-state index is 5.81. The summed E-state index contributed by atoms with van der Waals surface area (Å²) in [5.74, 6) is 2.07. The van der Waals surface area contributed by atoms with E-state index >= 15 is 0 Å². The molecule has 1 fully saturated rings. The van der Waals surface area contributed by atoms with Crippen LogP contribution in [-0.2, 0) is 6.61 Å². The molecule has 1 aliphatic carbocycles. The predicted octanol–water partition coefficient (Wildman–Crippen LogP) is 4.55. The lowest BCUT2D eigenvalue weighted by molar-refractivity contribution is 0.306. The molecule has 0 saturated heterocycles. The molecule has 2 aromatic carbocycles. The second-order valence-electron chi connectivity index (χ2n) is 6.71. The van der Waals surface area contributed by atoms with Gasteiger partial charge in [0.2, 0.25) is 5.95 Å². The molecule has 3 aromatic rings. The van der Waals surface area contributed by atoms with Gasteiger partial charge < -0.3 is 15.4 Å². The largest absolute Gasteiger partial charge is 0.489 e. The Labute approximate surface area is 159 Å². The van der Waals surface area contributed by atoms with E-state index in [4.69, 9.17) is 4.74 Å². The highest BCUT2D eigenvalue weighted by molar-refractivity contribution is 5.55. The number of nitrogens with zero attached hydrogens (tertiary/aromatic N) is 3. The maximum Gasteiger partial charge on any atom is 0.249 e. The van der Waals surface area contributed by atoms with E-state index < -0.39 is 0 Å². The highest BCUT2D eigenvalue weighted by Gasteiger charge is 2.15. The fraction of sp³-hybridized carbons (Fsp3) is 0.286. The molecule has 6 nitrogen and oxygen atoms in total. The van der Waals surface area contributed by atoms with Crippen molar-refractivity contribution in [1.29, 1.82) is 0 Å². The summed E-state index contributed by atoms with van der Waals surface area (Å²) >= 11 is 0. The van der Waals surface area contributed by atoms with Gasteiger partial charge >= 0.3 is 0 Å². The quantitative estimate of drug-likeness (QED) is 0.643. The first-order valence-electron chi connectivity index (χ1n) is 9.35. The van der Waals surface area contributed by atoms with E-state index in [0.717, 1.165) is 22.8 Å². The molecule has 138 valence electrons. The summed E-state index contributed by atoms with van der Waals surface area (Å²) in [6, 6.07) is 18.4. The molecule has 1 aromatic heterocycles. The summed E-state index contributed by atoms with van der Waals surface area (Å²) in [4.78, 5) is 4.50. The van der Waals surface area contributed by atoms with Crippen molar-refractivity contribution in [3.05, 3.63) is 66.4 Å². The normalized spacial score (nSPS) is 14.1. The van der Waals surface area contributed by atoms with Crippen molar-refractivity contribution in [2.45, 2.75) is 38.3 Å². The minimum atomic E-state index is 0.482. The molecule has 0 unspecified atom stereocenters. The zero-order chi connectivity index (χ0) is 18.3. The fourth-order valence-electron chi connectivity index (χ4n) is 3.21. The second kappa shape index (κ2) is 8.49. The first-order chi connectivity index (χ1) is 13.3. The number of anilines is 3. The molecule has 1 aliphatic rings. The van der Waals surface area contributed by atoms with Crippen LogP contribution in [0.15, 0.2) is 60.8 Å². The van der Waals surface area contributed by atoms with Gasteiger partial charge in [0.15, 0.2) is 5.82 Å². The molecule has 2 N–H and O–H groups in total. The smallest absolute Gasteiger partial charge is 0.249 e. The van der Waals surface area contributed by atoms with Crippen molar-refractivity contribution in [3.63, 3.8) is 0 Å². The van der Waals surface area contributed by atoms with Crippen LogP contribution in [0.3, 0.4) is 0 Å². The Hall–Kier alpha value is -3.15. The van der Waals surface area contributed by atoms with E-state index in [0.29, 0.717) is 18.6 Å². The summed E-state index contributed by atoms with van der Waals surface area (Å²) in [6.45, 7) is 0.551. The van der Waals surface area contributed by atoms with Crippen LogP contribution < -0.4 is 15.4 Å². The van der Waals surface area contributed by atoms with Crippen LogP contribution in [0.25, 0.3) is 0 Å². The van der Waals surface area contributed by atoms with Crippen LogP contribution in [0.4, 0.5) is 17.5 Å². The van der Waals surface area contributed by atoms with Gasteiger partial charge in [-0.05, 0) is 42.7 Å². The third-order valence-electron chi connectivity index (χ3n) is 4.62. The number of hydrogen-bond donors (Lipinski definition) is 2. The van der Waals surface area contributed by atoms with Crippen molar-refractivity contribution in [2.75, 3.05) is 10.6 Å². The van der Waals surface area contributed by atoms with Crippen molar-refractivity contribution >= 4 is 17.5 Å². The number of hydrogen-bond acceptors (Lipinski definition) is 6. The van der Waals surface area contributed by atoms with Crippen LogP contribution in [0.1, 0.15) is 31.2 Å². The van der Waals surface area contributed by atoms with Crippen LogP contribution in [0.5, 0.6) is 5.75 Å². The van der Waals surface area contributed by atoms with E-state index in [1.807, 2.05) is 54.6 Å². The molecule has 27 heavy (non-hydrogen) atoms. The van der Waals surface area contributed by atoms with Gasteiger partial charge in [-0.1, -0.05) is 43.2 Å². The Morgan fingerprint density at radius 2 is 1.74 bits per heavy atom. The molecule has 0 amide bonds. The van der Waals surface area contributed by atoms with E-state index in [1.54, 1.807) is 6.20 Å². The van der Waals surface area contributed by atoms with Gasteiger partial charge in [0, 0.05) is 11.7 Å². The van der Waals surface area contributed by atoms with E-state index in [2.05, 4.69) is 25.8 Å². The standard InChI is InChI=1S/C21H23N5O/c1-2-6-16(7-3-1)15-27-19-12-10-18(11-13-19)24-21-25-20(14-22-26-21)23-17-8-4-5-9-17/h1-3,6-7,10-14,17H,4-5,8-9,15H2,(H2,23,24,25,26). The van der Waals surface area contributed by atoms with E-state index in [-0.39, 0.29) is 0 Å². The number of rotatable bonds is 7. The number of benzene rings is 2. The van der Waals surface area contributed by atoms with Crippen molar-refractivity contribution in [1.82, 2.24) is 15.2 Å². The Morgan fingerprint density at radius 1 is 0.963 bits per heavy atom. The van der Waals surface area contributed by atoms with E-state index in [1.165, 1.54) is 25.7 Å². The van der Waals surface area contributed by atoms with Crippen molar-refractivity contribution in [3.8, 4) is 5.75 Å². The molecule has 0 radical (unpaired) electrons. The van der Waals surface area contributed by atoms with Gasteiger partial charge in [0.05, 0.1) is 6.20 Å². The first kappa shape index (κ1) is 17.3. The number of nitrogens with one attached hydrogen (secondary N) is 2. The Kier molecular flexibility index (Phi) is 5.43. The Morgan fingerprint density at radius 3 is 2.52 bits per heavy atom. The molecule has 4 rings (SSSR count). The first-order valence-corrected chi connectivity index (χ1v) is 9.35. The van der Waals surface area contributed by atoms with Gasteiger partial charge in [-0.15, -0.1) is 5.10 Å². The van der Waals surface area contributed by atoms with Crippen LogP contribution in [-0.4, -0.2) is 21.2 Å².